The lowest BCUT2D eigenvalue weighted by Crippen LogP contribution is -2.25. The summed E-state index contributed by atoms with van der Waals surface area (Å²) in [5.41, 5.74) is 1.81. The third-order valence-corrected chi connectivity index (χ3v) is 3.58. The minimum atomic E-state index is -0.0963. The molecular formula is C20H25NO3. The van der Waals surface area contributed by atoms with Gasteiger partial charge in [-0.2, -0.15) is 0 Å². The van der Waals surface area contributed by atoms with Gasteiger partial charge in [-0.1, -0.05) is 24.3 Å². The maximum atomic E-state index is 12.3. The zero-order valence-corrected chi connectivity index (χ0v) is 14.5. The van der Waals surface area contributed by atoms with Crippen LogP contribution in [-0.2, 0) is 6.42 Å². The van der Waals surface area contributed by atoms with Gasteiger partial charge in [0.05, 0.1) is 18.8 Å². The second-order valence-corrected chi connectivity index (χ2v) is 5.87. The number of methoxy groups -OCH3 is 1. The summed E-state index contributed by atoms with van der Waals surface area (Å²) in [6.07, 6.45) is 1.83. The third-order valence-electron chi connectivity index (χ3n) is 3.58. The van der Waals surface area contributed by atoms with Gasteiger partial charge in [0.15, 0.2) is 0 Å². The molecule has 2 aromatic carbocycles. The second kappa shape index (κ2) is 8.96. The molecule has 0 bridgehead atoms. The molecule has 24 heavy (non-hydrogen) atoms. The molecule has 4 heteroatoms. The Hall–Kier alpha value is -2.49. The van der Waals surface area contributed by atoms with E-state index in [-0.39, 0.29) is 12.0 Å². The summed E-state index contributed by atoms with van der Waals surface area (Å²) in [5, 5.41) is 2.96. The Balaban J connectivity index is 1.82. The van der Waals surface area contributed by atoms with Gasteiger partial charge in [0.2, 0.25) is 0 Å². The van der Waals surface area contributed by atoms with Crippen LogP contribution in [-0.4, -0.2) is 25.7 Å². The highest BCUT2D eigenvalue weighted by Crippen LogP contribution is 2.19. The van der Waals surface area contributed by atoms with E-state index in [4.69, 9.17) is 9.47 Å². The molecule has 0 aliphatic heterocycles. The van der Waals surface area contributed by atoms with Crippen LogP contribution in [0.3, 0.4) is 0 Å². The van der Waals surface area contributed by atoms with E-state index in [9.17, 15) is 4.79 Å². The van der Waals surface area contributed by atoms with Crippen LogP contribution in [0, 0.1) is 0 Å². The Labute approximate surface area is 143 Å². The van der Waals surface area contributed by atoms with Crippen molar-refractivity contribution in [3.8, 4) is 11.5 Å². The average Bonchev–Trinajstić information content (AvgIpc) is 2.59. The SMILES string of the molecule is COc1ccc(CCCNC(=O)c2ccccc2OC(C)C)cc1. The molecule has 0 spiro atoms. The lowest BCUT2D eigenvalue weighted by Gasteiger charge is -2.14. The van der Waals surface area contributed by atoms with Gasteiger partial charge in [-0.25, -0.2) is 0 Å². The zero-order chi connectivity index (χ0) is 17.4. The molecule has 0 saturated heterocycles. The number of carbonyl (C=O) groups is 1. The van der Waals surface area contributed by atoms with Gasteiger partial charge in [-0.3, -0.25) is 4.79 Å². The highest BCUT2D eigenvalue weighted by Gasteiger charge is 2.12. The van der Waals surface area contributed by atoms with E-state index in [1.807, 2.05) is 56.3 Å². The number of benzene rings is 2. The molecular weight excluding hydrogens is 302 g/mol. The van der Waals surface area contributed by atoms with Gasteiger partial charge in [0, 0.05) is 6.54 Å². The van der Waals surface area contributed by atoms with Crippen molar-refractivity contribution >= 4 is 5.91 Å². The molecule has 0 aliphatic carbocycles. The van der Waals surface area contributed by atoms with E-state index in [1.165, 1.54) is 5.56 Å². The standard InChI is InChI=1S/C20H25NO3/c1-15(2)24-19-9-5-4-8-18(19)20(22)21-14-6-7-16-10-12-17(23-3)13-11-16/h4-5,8-13,15H,6-7,14H2,1-3H3,(H,21,22). The van der Waals surface area contributed by atoms with Crippen LogP contribution in [0.25, 0.3) is 0 Å². The zero-order valence-electron chi connectivity index (χ0n) is 14.5. The quantitative estimate of drug-likeness (QED) is 0.749. The normalized spacial score (nSPS) is 10.5. The summed E-state index contributed by atoms with van der Waals surface area (Å²) in [4.78, 5) is 12.3. The molecule has 0 radical (unpaired) electrons. The molecule has 0 saturated carbocycles. The Morgan fingerprint density at radius 3 is 2.46 bits per heavy atom. The molecule has 2 aromatic rings. The summed E-state index contributed by atoms with van der Waals surface area (Å²) in [6, 6.07) is 15.3. The number of carbonyl (C=O) groups excluding carboxylic acids is 1. The lowest BCUT2D eigenvalue weighted by atomic mass is 10.1. The maximum Gasteiger partial charge on any atom is 0.255 e. The van der Waals surface area contributed by atoms with Crippen molar-refractivity contribution in [2.75, 3.05) is 13.7 Å². The number of ether oxygens (including phenoxy) is 2. The summed E-state index contributed by atoms with van der Waals surface area (Å²) in [7, 11) is 1.66. The largest absolute Gasteiger partial charge is 0.497 e. The monoisotopic (exact) mass is 327 g/mol. The fraction of sp³-hybridized carbons (Fsp3) is 0.350. The molecule has 0 fully saturated rings. The molecule has 4 nitrogen and oxygen atoms in total. The van der Waals surface area contributed by atoms with E-state index in [2.05, 4.69) is 5.32 Å². The van der Waals surface area contributed by atoms with Crippen LogP contribution >= 0.6 is 0 Å². The number of aryl methyl sites for hydroxylation is 1. The van der Waals surface area contributed by atoms with Gasteiger partial charge < -0.3 is 14.8 Å². The summed E-state index contributed by atoms with van der Waals surface area (Å²) in [6.45, 7) is 4.52. The van der Waals surface area contributed by atoms with Crippen LogP contribution < -0.4 is 14.8 Å². The summed E-state index contributed by atoms with van der Waals surface area (Å²) in [5.74, 6) is 1.38. The van der Waals surface area contributed by atoms with Crippen molar-refractivity contribution in [1.82, 2.24) is 5.32 Å². The number of hydrogen-bond donors (Lipinski definition) is 1. The molecule has 0 aliphatic rings. The third kappa shape index (κ3) is 5.30. The maximum absolute atomic E-state index is 12.3. The van der Waals surface area contributed by atoms with Crippen LogP contribution in [0.1, 0.15) is 36.2 Å². The number of amides is 1. The number of para-hydroxylation sites is 1. The molecule has 2 rings (SSSR count). The first-order chi connectivity index (χ1) is 11.6. The minimum absolute atomic E-state index is 0.0361. The van der Waals surface area contributed by atoms with Gasteiger partial charge in [0.25, 0.3) is 5.91 Å². The van der Waals surface area contributed by atoms with Gasteiger partial charge >= 0.3 is 0 Å². The van der Waals surface area contributed by atoms with Gasteiger partial charge in [-0.15, -0.1) is 0 Å². The fourth-order valence-electron chi connectivity index (χ4n) is 2.39. The van der Waals surface area contributed by atoms with Crippen molar-refractivity contribution in [1.29, 1.82) is 0 Å². The van der Waals surface area contributed by atoms with E-state index in [1.54, 1.807) is 13.2 Å². The molecule has 1 amide bonds. The fourth-order valence-corrected chi connectivity index (χ4v) is 2.39. The number of nitrogens with one attached hydrogen (secondary N) is 1. The Morgan fingerprint density at radius 2 is 1.79 bits per heavy atom. The van der Waals surface area contributed by atoms with E-state index in [0.29, 0.717) is 17.9 Å². The lowest BCUT2D eigenvalue weighted by molar-refractivity contribution is 0.0947. The molecule has 0 aromatic heterocycles. The number of rotatable bonds is 8. The molecule has 128 valence electrons. The molecule has 0 heterocycles. The Kier molecular flexibility index (Phi) is 6.67. The molecule has 0 atom stereocenters. The van der Waals surface area contributed by atoms with Crippen LogP contribution in [0.15, 0.2) is 48.5 Å². The van der Waals surface area contributed by atoms with E-state index < -0.39 is 0 Å². The van der Waals surface area contributed by atoms with Crippen molar-refractivity contribution in [2.45, 2.75) is 32.8 Å². The van der Waals surface area contributed by atoms with Crippen molar-refractivity contribution < 1.29 is 14.3 Å². The summed E-state index contributed by atoms with van der Waals surface area (Å²) < 4.78 is 10.8. The Morgan fingerprint density at radius 1 is 1.08 bits per heavy atom. The second-order valence-electron chi connectivity index (χ2n) is 5.87. The molecule has 1 N–H and O–H groups in total. The highest BCUT2D eigenvalue weighted by molar-refractivity contribution is 5.96. The first-order valence-corrected chi connectivity index (χ1v) is 8.27. The average molecular weight is 327 g/mol. The summed E-state index contributed by atoms with van der Waals surface area (Å²) >= 11 is 0. The van der Waals surface area contributed by atoms with Crippen LogP contribution in [0.5, 0.6) is 11.5 Å². The number of hydrogen-bond acceptors (Lipinski definition) is 3. The van der Waals surface area contributed by atoms with Crippen LogP contribution in [0.2, 0.25) is 0 Å². The highest BCUT2D eigenvalue weighted by atomic mass is 16.5. The van der Waals surface area contributed by atoms with E-state index >= 15 is 0 Å². The first kappa shape index (κ1) is 17.9. The van der Waals surface area contributed by atoms with Gasteiger partial charge in [-0.05, 0) is 56.5 Å². The predicted molar refractivity (Wildman–Crippen MR) is 95.9 cm³/mol. The molecule has 0 unspecified atom stereocenters. The first-order valence-electron chi connectivity index (χ1n) is 8.27. The topological polar surface area (TPSA) is 47.6 Å². The van der Waals surface area contributed by atoms with Crippen molar-refractivity contribution in [3.05, 3.63) is 59.7 Å². The smallest absolute Gasteiger partial charge is 0.255 e. The van der Waals surface area contributed by atoms with Crippen molar-refractivity contribution in [3.63, 3.8) is 0 Å². The van der Waals surface area contributed by atoms with Crippen LogP contribution in [0.4, 0.5) is 0 Å². The predicted octanol–water partition coefficient (Wildman–Crippen LogP) is 3.85. The van der Waals surface area contributed by atoms with Gasteiger partial charge in [0.1, 0.15) is 11.5 Å². The minimum Gasteiger partial charge on any atom is -0.497 e. The Bertz CT molecular complexity index is 650. The van der Waals surface area contributed by atoms with E-state index in [0.717, 1.165) is 18.6 Å². The van der Waals surface area contributed by atoms with Crippen molar-refractivity contribution in [2.24, 2.45) is 0 Å².